The predicted octanol–water partition coefficient (Wildman–Crippen LogP) is 6.11. The summed E-state index contributed by atoms with van der Waals surface area (Å²) in [6, 6.07) is 22.1. The fourth-order valence-electron chi connectivity index (χ4n) is 3.07. The van der Waals surface area contributed by atoms with E-state index in [-0.39, 0.29) is 5.91 Å². The fourth-order valence-corrected chi connectivity index (χ4v) is 3.33. The molecule has 4 aromatic rings. The first-order valence-electron chi connectivity index (χ1n) is 9.94. The summed E-state index contributed by atoms with van der Waals surface area (Å²) in [5.74, 6) is 1.63. The second-order valence-electron chi connectivity index (χ2n) is 7.14. The molecular formula is C25H21ClN4O2. The largest absolute Gasteiger partial charge is 0.495 e. The molecule has 0 saturated heterocycles. The van der Waals surface area contributed by atoms with E-state index in [1.165, 1.54) is 5.56 Å². The van der Waals surface area contributed by atoms with Gasteiger partial charge in [0.15, 0.2) is 5.82 Å². The van der Waals surface area contributed by atoms with Crippen molar-refractivity contribution in [2.45, 2.75) is 6.92 Å². The molecule has 1 heterocycles. The molecule has 7 heteroatoms. The maximum absolute atomic E-state index is 12.5. The minimum Gasteiger partial charge on any atom is -0.495 e. The number of hydrogen-bond donors (Lipinski definition) is 2. The van der Waals surface area contributed by atoms with Crippen LogP contribution >= 0.6 is 11.6 Å². The lowest BCUT2D eigenvalue weighted by Crippen LogP contribution is -2.11. The first kappa shape index (κ1) is 21.3. The summed E-state index contributed by atoms with van der Waals surface area (Å²) < 4.78 is 5.13. The van der Waals surface area contributed by atoms with Crippen molar-refractivity contribution >= 4 is 34.7 Å². The summed E-state index contributed by atoms with van der Waals surface area (Å²) in [6.45, 7) is 2.04. The Morgan fingerprint density at radius 3 is 2.34 bits per heavy atom. The first-order valence-corrected chi connectivity index (χ1v) is 10.3. The average molecular weight is 445 g/mol. The first-order chi connectivity index (χ1) is 15.5. The van der Waals surface area contributed by atoms with Crippen LogP contribution in [0.4, 0.5) is 17.2 Å². The van der Waals surface area contributed by atoms with Gasteiger partial charge in [-0.25, -0.2) is 9.97 Å². The Morgan fingerprint density at radius 1 is 0.938 bits per heavy atom. The Hall–Kier alpha value is -3.90. The number of rotatable bonds is 6. The molecule has 0 unspecified atom stereocenters. The van der Waals surface area contributed by atoms with Crippen LogP contribution in [-0.4, -0.2) is 23.0 Å². The Kier molecular flexibility index (Phi) is 6.33. The van der Waals surface area contributed by atoms with Crippen LogP contribution in [0.2, 0.25) is 5.02 Å². The molecule has 0 saturated carbocycles. The number of carbonyl (C=O) groups excluding carboxylic acids is 1. The summed E-state index contributed by atoms with van der Waals surface area (Å²) in [4.78, 5) is 21.5. The number of halogens is 1. The Morgan fingerprint density at radius 2 is 1.66 bits per heavy atom. The predicted molar refractivity (Wildman–Crippen MR) is 128 cm³/mol. The van der Waals surface area contributed by atoms with Gasteiger partial charge < -0.3 is 15.4 Å². The molecule has 1 aromatic heterocycles. The van der Waals surface area contributed by atoms with Gasteiger partial charge in [-0.1, -0.05) is 41.4 Å². The zero-order chi connectivity index (χ0) is 22.5. The standard InChI is InChI=1S/C25H21ClN4O2/c1-16-3-5-17(6-4-16)24-27-14-13-23(30-24)28-19-9-7-18(8-10-19)25(31)29-20-11-12-22(32-2)21(26)15-20/h3-15H,1-2H3,(H,29,31)(H,27,28,30). The van der Waals surface area contributed by atoms with Gasteiger partial charge in [-0.15, -0.1) is 0 Å². The molecule has 1 amide bonds. The van der Waals surface area contributed by atoms with Gasteiger partial charge in [0.1, 0.15) is 11.6 Å². The summed E-state index contributed by atoms with van der Waals surface area (Å²) in [6.07, 6.45) is 1.71. The van der Waals surface area contributed by atoms with E-state index in [0.29, 0.717) is 33.7 Å². The lowest BCUT2D eigenvalue weighted by atomic mass is 10.1. The maximum Gasteiger partial charge on any atom is 0.255 e. The highest BCUT2D eigenvalue weighted by Crippen LogP contribution is 2.27. The number of carbonyl (C=O) groups is 1. The minimum atomic E-state index is -0.235. The van der Waals surface area contributed by atoms with Crippen LogP contribution in [0.5, 0.6) is 5.75 Å². The molecule has 4 rings (SSSR count). The van der Waals surface area contributed by atoms with Gasteiger partial charge in [-0.2, -0.15) is 0 Å². The lowest BCUT2D eigenvalue weighted by Gasteiger charge is -2.10. The molecule has 0 fully saturated rings. The third-order valence-corrected chi connectivity index (χ3v) is 5.09. The third-order valence-electron chi connectivity index (χ3n) is 4.79. The quantitative estimate of drug-likeness (QED) is 0.375. The third kappa shape index (κ3) is 5.04. The number of amides is 1. The van der Waals surface area contributed by atoms with Gasteiger partial charge >= 0.3 is 0 Å². The fraction of sp³-hybridized carbons (Fsp3) is 0.0800. The van der Waals surface area contributed by atoms with Crippen molar-refractivity contribution in [2.24, 2.45) is 0 Å². The second-order valence-corrected chi connectivity index (χ2v) is 7.54. The molecule has 0 spiro atoms. The smallest absolute Gasteiger partial charge is 0.255 e. The van der Waals surface area contributed by atoms with Crippen LogP contribution in [0.1, 0.15) is 15.9 Å². The second kappa shape index (κ2) is 9.49. The molecule has 0 radical (unpaired) electrons. The van der Waals surface area contributed by atoms with Crippen molar-refractivity contribution in [3.8, 4) is 17.1 Å². The molecule has 6 nitrogen and oxygen atoms in total. The van der Waals surface area contributed by atoms with Gasteiger partial charge in [0, 0.05) is 28.7 Å². The summed E-state index contributed by atoms with van der Waals surface area (Å²) >= 11 is 6.12. The summed E-state index contributed by atoms with van der Waals surface area (Å²) in [5.41, 5.74) is 4.05. The van der Waals surface area contributed by atoms with Crippen molar-refractivity contribution < 1.29 is 9.53 Å². The van der Waals surface area contributed by atoms with Crippen molar-refractivity contribution in [3.63, 3.8) is 0 Å². The number of aromatic nitrogens is 2. The number of nitrogens with one attached hydrogen (secondary N) is 2. The average Bonchev–Trinajstić information content (AvgIpc) is 2.80. The number of ether oxygens (including phenoxy) is 1. The van der Waals surface area contributed by atoms with Gasteiger partial charge in [-0.3, -0.25) is 4.79 Å². The number of hydrogen-bond acceptors (Lipinski definition) is 5. The van der Waals surface area contributed by atoms with E-state index in [1.54, 1.807) is 49.7 Å². The highest BCUT2D eigenvalue weighted by Gasteiger charge is 2.09. The number of anilines is 3. The number of benzene rings is 3. The number of aryl methyl sites for hydroxylation is 1. The van der Waals surface area contributed by atoms with Crippen LogP contribution in [-0.2, 0) is 0 Å². The Balaban J connectivity index is 1.44. The monoisotopic (exact) mass is 444 g/mol. The lowest BCUT2D eigenvalue weighted by molar-refractivity contribution is 0.102. The van der Waals surface area contributed by atoms with E-state index in [2.05, 4.69) is 20.6 Å². The van der Waals surface area contributed by atoms with Crippen LogP contribution in [0.3, 0.4) is 0 Å². The van der Waals surface area contributed by atoms with Gasteiger partial charge in [0.25, 0.3) is 5.91 Å². The van der Waals surface area contributed by atoms with E-state index in [1.807, 2.05) is 43.3 Å². The Labute approximate surface area is 191 Å². The van der Waals surface area contributed by atoms with Crippen LogP contribution in [0, 0.1) is 6.92 Å². The van der Waals surface area contributed by atoms with Gasteiger partial charge in [0.2, 0.25) is 0 Å². The molecule has 0 atom stereocenters. The van der Waals surface area contributed by atoms with E-state index >= 15 is 0 Å². The topological polar surface area (TPSA) is 76.1 Å². The van der Waals surface area contributed by atoms with E-state index in [9.17, 15) is 4.79 Å². The molecule has 0 aliphatic carbocycles. The van der Waals surface area contributed by atoms with E-state index < -0.39 is 0 Å². The number of nitrogens with zero attached hydrogens (tertiary/aromatic N) is 2. The molecule has 3 aromatic carbocycles. The highest BCUT2D eigenvalue weighted by molar-refractivity contribution is 6.32. The SMILES string of the molecule is COc1ccc(NC(=O)c2ccc(Nc3ccnc(-c4ccc(C)cc4)n3)cc2)cc1Cl. The number of methoxy groups -OCH3 is 1. The molecule has 32 heavy (non-hydrogen) atoms. The normalized spacial score (nSPS) is 10.5. The van der Waals surface area contributed by atoms with Crippen LogP contribution < -0.4 is 15.4 Å². The Bertz CT molecular complexity index is 1240. The van der Waals surface area contributed by atoms with E-state index in [0.717, 1.165) is 11.3 Å². The van der Waals surface area contributed by atoms with Gasteiger partial charge in [0.05, 0.1) is 12.1 Å². The molecule has 0 aliphatic heterocycles. The highest BCUT2D eigenvalue weighted by atomic mass is 35.5. The molecule has 2 N–H and O–H groups in total. The van der Waals surface area contributed by atoms with Crippen molar-refractivity contribution in [1.29, 1.82) is 0 Å². The van der Waals surface area contributed by atoms with Crippen molar-refractivity contribution in [3.05, 3.63) is 95.1 Å². The maximum atomic E-state index is 12.5. The van der Waals surface area contributed by atoms with Crippen LogP contribution in [0.15, 0.2) is 79.0 Å². The summed E-state index contributed by atoms with van der Waals surface area (Å²) in [5, 5.41) is 6.51. The summed E-state index contributed by atoms with van der Waals surface area (Å²) in [7, 11) is 1.54. The molecule has 0 bridgehead atoms. The van der Waals surface area contributed by atoms with Gasteiger partial charge in [-0.05, 0) is 55.5 Å². The molecule has 160 valence electrons. The minimum absolute atomic E-state index is 0.235. The molecular weight excluding hydrogens is 424 g/mol. The zero-order valence-corrected chi connectivity index (χ0v) is 18.4. The zero-order valence-electron chi connectivity index (χ0n) is 17.6. The van der Waals surface area contributed by atoms with Crippen LogP contribution in [0.25, 0.3) is 11.4 Å². The van der Waals surface area contributed by atoms with E-state index in [4.69, 9.17) is 16.3 Å². The van der Waals surface area contributed by atoms with Crippen molar-refractivity contribution in [2.75, 3.05) is 17.7 Å². The van der Waals surface area contributed by atoms with Crippen molar-refractivity contribution in [1.82, 2.24) is 9.97 Å². The molecule has 0 aliphatic rings.